The number of aromatic nitrogens is 3. The highest BCUT2D eigenvalue weighted by Crippen LogP contribution is 2.34. The summed E-state index contributed by atoms with van der Waals surface area (Å²) in [5, 5.41) is 12.4. The lowest BCUT2D eigenvalue weighted by molar-refractivity contribution is 0.0697. The SMILES string of the molecule is Cc1c(C2CCCCC2)[nH]n2c(=O)cc(-c3cccc(C(=O)O)c3)nc12. The molecule has 0 spiro atoms. The minimum absolute atomic E-state index is 0.179. The van der Waals surface area contributed by atoms with Crippen LogP contribution in [-0.2, 0) is 0 Å². The Kier molecular flexibility index (Phi) is 4.11. The number of hydrogen-bond donors (Lipinski definition) is 2. The van der Waals surface area contributed by atoms with E-state index in [0.29, 0.717) is 22.8 Å². The molecule has 6 heteroatoms. The van der Waals surface area contributed by atoms with E-state index in [-0.39, 0.29) is 11.1 Å². The molecule has 1 aliphatic carbocycles. The molecule has 0 unspecified atom stereocenters. The molecule has 0 atom stereocenters. The summed E-state index contributed by atoms with van der Waals surface area (Å²) in [6.07, 6.45) is 5.98. The average Bonchev–Trinajstić information content (AvgIpc) is 3.00. The Morgan fingerprint density at radius 2 is 2.00 bits per heavy atom. The fourth-order valence-corrected chi connectivity index (χ4v) is 3.91. The molecule has 1 aromatic carbocycles. The van der Waals surface area contributed by atoms with E-state index in [9.17, 15) is 14.7 Å². The molecular formula is C20H21N3O3. The fourth-order valence-electron chi connectivity index (χ4n) is 3.91. The highest BCUT2D eigenvalue weighted by molar-refractivity contribution is 5.89. The summed E-state index contributed by atoms with van der Waals surface area (Å²) >= 11 is 0. The van der Waals surface area contributed by atoms with Crippen molar-refractivity contribution in [1.29, 1.82) is 0 Å². The molecule has 3 aromatic rings. The Balaban J connectivity index is 1.83. The molecule has 4 rings (SSSR count). The number of H-pyrrole nitrogens is 1. The van der Waals surface area contributed by atoms with E-state index >= 15 is 0 Å². The largest absolute Gasteiger partial charge is 0.478 e. The highest BCUT2D eigenvalue weighted by atomic mass is 16.4. The van der Waals surface area contributed by atoms with Crippen LogP contribution in [0.3, 0.4) is 0 Å². The van der Waals surface area contributed by atoms with Crippen LogP contribution < -0.4 is 5.56 Å². The smallest absolute Gasteiger partial charge is 0.335 e. The summed E-state index contributed by atoms with van der Waals surface area (Å²) in [6, 6.07) is 7.97. The lowest BCUT2D eigenvalue weighted by Crippen LogP contribution is -2.15. The number of aryl methyl sites for hydroxylation is 1. The van der Waals surface area contributed by atoms with Crippen molar-refractivity contribution in [1.82, 2.24) is 14.6 Å². The second-order valence-corrected chi connectivity index (χ2v) is 7.01. The van der Waals surface area contributed by atoms with Gasteiger partial charge in [0.1, 0.15) is 0 Å². The molecule has 2 heterocycles. The third-order valence-electron chi connectivity index (χ3n) is 5.31. The minimum atomic E-state index is -0.998. The fraction of sp³-hybridized carbons (Fsp3) is 0.350. The van der Waals surface area contributed by atoms with Gasteiger partial charge in [0, 0.05) is 28.8 Å². The molecule has 134 valence electrons. The summed E-state index contributed by atoms with van der Waals surface area (Å²) in [5.74, 6) is -0.550. The van der Waals surface area contributed by atoms with Gasteiger partial charge in [-0.05, 0) is 31.9 Å². The van der Waals surface area contributed by atoms with Crippen LogP contribution in [0.5, 0.6) is 0 Å². The summed E-state index contributed by atoms with van der Waals surface area (Å²) in [4.78, 5) is 28.5. The summed E-state index contributed by atoms with van der Waals surface area (Å²) in [7, 11) is 0. The van der Waals surface area contributed by atoms with Gasteiger partial charge in [-0.25, -0.2) is 14.3 Å². The molecule has 0 radical (unpaired) electrons. The molecule has 2 aromatic heterocycles. The van der Waals surface area contributed by atoms with Crippen molar-refractivity contribution in [3.63, 3.8) is 0 Å². The van der Waals surface area contributed by atoms with Crippen LogP contribution in [0.1, 0.15) is 59.6 Å². The van der Waals surface area contributed by atoms with E-state index in [1.54, 1.807) is 18.2 Å². The van der Waals surface area contributed by atoms with Crippen molar-refractivity contribution in [3.05, 3.63) is 57.5 Å². The number of nitrogens with zero attached hydrogens (tertiary/aromatic N) is 2. The van der Waals surface area contributed by atoms with Crippen molar-refractivity contribution in [3.8, 4) is 11.3 Å². The molecule has 0 bridgehead atoms. The summed E-state index contributed by atoms with van der Waals surface area (Å²) < 4.78 is 1.50. The van der Waals surface area contributed by atoms with Gasteiger partial charge in [0.25, 0.3) is 5.56 Å². The Morgan fingerprint density at radius 3 is 2.73 bits per heavy atom. The second-order valence-electron chi connectivity index (χ2n) is 7.01. The lowest BCUT2D eigenvalue weighted by Gasteiger charge is -2.20. The van der Waals surface area contributed by atoms with Crippen LogP contribution in [0.15, 0.2) is 35.1 Å². The van der Waals surface area contributed by atoms with Gasteiger partial charge >= 0.3 is 5.97 Å². The predicted molar refractivity (Wildman–Crippen MR) is 98.8 cm³/mol. The van der Waals surface area contributed by atoms with Gasteiger partial charge in [0.2, 0.25) is 0 Å². The van der Waals surface area contributed by atoms with E-state index in [1.807, 2.05) is 6.92 Å². The number of aromatic carboxylic acids is 1. The van der Waals surface area contributed by atoms with Crippen molar-refractivity contribution in [2.45, 2.75) is 44.9 Å². The number of fused-ring (bicyclic) bond motifs is 1. The standard InChI is InChI=1S/C20H21N3O3/c1-12-18(13-6-3-2-4-7-13)22-23-17(24)11-16(21-19(12)23)14-8-5-9-15(10-14)20(25)26/h5,8-11,13,22H,2-4,6-7H2,1H3,(H,25,26). The van der Waals surface area contributed by atoms with E-state index in [4.69, 9.17) is 0 Å². The first-order valence-corrected chi connectivity index (χ1v) is 9.00. The highest BCUT2D eigenvalue weighted by Gasteiger charge is 2.22. The van der Waals surface area contributed by atoms with E-state index < -0.39 is 5.97 Å². The normalized spacial score (nSPS) is 15.4. The molecule has 1 aliphatic rings. The number of hydrogen-bond acceptors (Lipinski definition) is 3. The molecule has 0 saturated heterocycles. The number of aromatic amines is 1. The molecule has 6 nitrogen and oxygen atoms in total. The lowest BCUT2D eigenvalue weighted by atomic mass is 9.86. The van der Waals surface area contributed by atoms with Gasteiger partial charge in [0.15, 0.2) is 5.65 Å². The maximum atomic E-state index is 12.6. The van der Waals surface area contributed by atoms with Gasteiger partial charge in [-0.2, -0.15) is 0 Å². The van der Waals surface area contributed by atoms with Crippen LogP contribution in [0.4, 0.5) is 0 Å². The zero-order chi connectivity index (χ0) is 18.3. The van der Waals surface area contributed by atoms with Crippen LogP contribution in [0, 0.1) is 6.92 Å². The first kappa shape index (κ1) is 16.6. The Labute approximate surface area is 150 Å². The van der Waals surface area contributed by atoms with Crippen LogP contribution in [0.25, 0.3) is 16.9 Å². The summed E-state index contributed by atoms with van der Waals surface area (Å²) in [6.45, 7) is 2.00. The zero-order valence-corrected chi connectivity index (χ0v) is 14.7. The van der Waals surface area contributed by atoms with Gasteiger partial charge < -0.3 is 5.11 Å². The number of benzene rings is 1. The number of nitrogens with one attached hydrogen (secondary N) is 1. The van der Waals surface area contributed by atoms with Crippen molar-refractivity contribution >= 4 is 11.6 Å². The number of carboxylic acids is 1. The molecule has 0 amide bonds. The third-order valence-corrected chi connectivity index (χ3v) is 5.31. The monoisotopic (exact) mass is 351 g/mol. The zero-order valence-electron chi connectivity index (χ0n) is 14.7. The number of rotatable bonds is 3. The maximum absolute atomic E-state index is 12.6. The molecule has 2 N–H and O–H groups in total. The molecular weight excluding hydrogens is 330 g/mol. The number of carbonyl (C=O) groups is 1. The first-order chi connectivity index (χ1) is 12.5. The Hall–Kier alpha value is -2.89. The van der Waals surface area contributed by atoms with Gasteiger partial charge in [0.05, 0.1) is 11.3 Å². The van der Waals surface area contributed by atoms with Crippen molar-refractivity contribution in [2.75, 3.05) is 0 Å². The van der Waals surface area contributed by atoms with Crippen molar-refractivity contribution in [2.24, 2.45) is 0 Å². The van der Waals surface area contributed by atoms with Crippen LogP contribution in [-0.4, -0.2) is 25.7 Å². The first-order valence-electron chi connectivity index (χ1n) is 9.00. The van der Waals surface area contributed by atoms with E-state index in [0.717, 1.165) is 24.1 Å². The average molecular weight is 351 g/mol. The van der Waals surface area contributed by atoms with E-state index in [2.05, 4.69) is 10.1 Å². The number of carboxylic acid groups (broad SMARTS) is 1. The Bertz CT molecular complexity index is 1040. The molecule has 1 saturated carbocycles. The third kappa shape index (κ3) is 2.81. The van der Waals surface area contributed by atoms with Crippen LogP contribution in [0.2, 0.25) is 0 Å². The van der Waals surface area contributed by atoms with Gasteiger partial charge in [-0.15, -0.1) is 0 Å². The molecule has 1 fully saturated rings. The molecule has 26 heavy (non-hydrogen) atoms. The second kappa shape index (κ2) is 6.44. The van der Waals surface area contributed by atoms with Gasteiger partial charge in [-0.3, -0.25) is 9.89 Å². The Morgan fingerprint density at radius 1 is 1.23 bits per heavy atom. The summed E-state index contributed by atoms with van der Waals surface area (Å²) in [5.41, 5.74) is 3.85. The quantitative estimate of drug-likeness (QED) is 0.752. The minimum Gasteiger partial charge on any atom is -0.478 e. The van der Waals surface area contributed by atoms with Gasteiger partial charge in [-0.1, -0.05) is 31.4 Å². The van der Waals surface area contributed by atoms with Crippen LogP contribution >= 0.6 is 0 Å². The topological polar surface area (TPSA) is 87.5 Å². The van der Waals surface area contributed by atoms with E-state index in [1.165, 1.54) is 35.9 Å². The van der Waals surface area contributed by atoms with Crippen molar-refractivity contribution < 1.29 is 9.90 Å². The molecule has 0 aliphatic heterocycles. The predicted octanol–water partition coefficient (Wildman–Crippen LogP) is 3.74. The maximum Gasteiger partial charge on any atom is 0.335 e.